The Balaban J connectivity index is 2.55. The molecule has 0 radical (unpaired) electrons. The Morgan fingerprint density at radius 3 is 2.79 bits per heavy atom. The molecule has 0 aromatic carbocycles. The van der Waals surface area contributed by atoms with Crippen molar-refractivity contribution < 1.29 is 4.39 Å². The average molecular weight is 188 g/mol. The van der Waals surface area contributed by atoms with Gasteiger partial charge in [0.05, 0.1) is 5.69 Å². The largest absolute Gasteiger partial charge is 0.264 e. The minimum atomic E-state index is -0.279. The van der Waals surface area contributed by atoms with Crippen LogP contribution in [0.25, 0.3) is 11.3 Å². The van der Waals surface area contributed by atoms with Gasteiger partial charge in [0.1, 0.15) is 5.82 Å². The van der Waals surface area contributed by atoms with Crippen molar-refractivity contribution in [3.05, 3.63) is 48.2 Å². The normalized spacial score (nSPS) is 10.1. The Hall–Kier alpha value is -1.77. The molecule has 0 aliphatic heterocycles. The Kier molecular flexibility index (Phi) is 2.23. The molecule has 0 aliphatic carbocycles. The van der Waals surface area contributed by atoms with Gasteiger partial charge in [-0.2, -0.15) is 0 Å². The van der Waals surface area contributed by atoms with E-state index in [1.54, 1.807) is 12.4 Å². The summed E-state index contributed by atoms with van der Waals surface area (Å²) in [5.41, 5.74) is 2.53. The van der Waals surface area contributed by atoms with Gasteiger partial charge < -0.3 is 0 Å². The fraction of sp³-hybridized carbons (Fsp3) is 0.0909. The molecule has 0 bridgehead atoms. The first kappa shape index (κ1) is 8.81. The molecule has 0 fully saturated rings. The topological polar surface area (TPSA) is 25.8 Å². The van der Waals surface area contributed by atoms with Crippen molar-refractivity contribution in [3.63, 3.8) is 0 Å². The fourth-order valence-electron chi connectivity index (χ4n) is 1.28. The van der Waals surface area contributed by atoms with Crippen molar-refractivity contribution in [2.75, 3.05) is 0 Å². The monoisotopic (exact) mass is 188 g/mol. The lowest BCUT2D eigenvalue weighted by molar-refractivity contribution is 0.626. The van der Waals surface area contributed by atoms with Crippen LogP contribution in [0.3, 0.4) is 0 Å². The van der Waals surface area contributed by atoms with Gasteiger partial charge in [0.15, 0.2) is 0 Å². The third-order valence-corrected chi connectivity index (χ3v) is 2.04. The number of rotatable bonds is 1. The highest BCUT2D eigenvalue weighted by Crippen LogP contribution is 2.19. The second-order valence-corrected chi connectivity index (χ2v) is 3.05. The maximum Gasteiger partial charge on any atom is 0.126 e. The molecule has 0 N–H and O–H groups in total. The van der Waals surface area contributed by atoms with E-state index in [0.29, 0.717) is 5.69 Å². The summed E-state index contributed by atoms with van der Waals surface area (Å²) in [7, 11) is 0. The van der Waals surface area contributed by atoms with Crippen molar-refractivity contribution in [2.45, 2.75) is 6.92 Å². The lowest BCUT2D eigenvalue weighted by Crippen LogP contribution is -1.88. The van der Waals surface area contributed by atoms with Gasteiger partial charge in [0.2, 0.25) is 0 Å². The smallest absolute Gasteiger partial charge is 0.126 e. The van der Waals surface area contributed by atoms with Gasteiger partial charge >= 0.3 is 0 Å². The summed E-state index contributed by atoms with van der Waals surface area (Å²) in [6, 6.07) is 4.61. The van der Waals surface area contributed by atoms with Crippen molar-refractivity contribution in [2.24, 2.45) is 0 Å². The summed E-state index contributed by atoms with van der Waals surface area (Å²) in [5, 5.41) is 0. The van der Waals surface area contributed by atoms with Crippen LogP contribution in [-0.2, 0) is 0 Å². The van der Waals surface area contributed by atoms with Crippen LogP contribution >= 0.6 is 0 Å². The number of halogens is 1. The molecule has 2 aromatic rings. The van der Waals surface area contributed by atoms with Gasteiger partial charge in [0.25, 0.3) is 0 Å². The molecule has 2 nitrogen and oxygen atoms in total. The molecule has 0 saturated carbocycles. The standard InChI is InChI=1S/C11H9FN2/c1-8-2-4-13-7-10(8)11-6-9(12)3-5-14-11/h2-7H,1H3. The van der Waals surface area contributed by atoms with E-state index in [-0.39, 0.29) is 5.82 Å². The molecule has 0 saturated heterocycles. The van der Waals surface area contributed by atoms with Crippen LogP contribution in [-0.4, -0.2) is 9.97 Å². The average Bonchev–Trinajstić information content (AvgIpc) is 2.18. The zero-order valence-corrected chi connectivity index (χ0v) is 7.74. The third-order valence-electron chi connectivity index (χ3n) is 2.04. The maximum atomic E-state index is 12.9. The van der Waals surface area contributed by atoms with E-state index in [1.807, 2.05) is 13.0 Å². The number of nitrogens with zero attached hydrogens (tertiary/aromatic N) is 2. The van der Waals surface area contributed by atoms with Crippen molar-refractivity contribution in [1.29, 1.82) is 0 Å². The number of hydrogen-bond acceptors (Lipinski definition) is 2. The molecule has 2 aromatic heterocycles. The lowest BCUT2D eigenvalue weighted by atomic mass is 10.1. The molecule has 2 heterocycles. The second kappa shape index (κ2) is 3.54. The molecule has 0 aliphatic rings. The highest BCUT2D eigenvalue weighted by molar-refractivity contribution is 5.61. The molecule has 70 valence electrons. The van der Waals surface area contributed by atoms with Crippen LogP contribution in [0, 0.1) is 12.7 Å². The zero-order valence-electron chi connectivity index (χ0n) is 7.74. The van der Waals surface area contributed by atoms with Crippen LogP contribution in [0.1, 0.15) is 5.56 Å². The highest BCUT2D eigenvalue weighted by atomic mass is 19.1. The van der Waals surface area contributed by atoms with Gasteiger partial charge in [-0.1, -0.05) is 0 Å². The van der Waals surface area contributed by atoms with Gasteiger partial charge in [-0.15, -0.1) is 0 Å². The Morgan fingerprint density at radius 1 is 1.21 bits per heavy atom. The fourth-order valence-corrected chi connectivity index (χ4v) is 1.28. The summed E-state index contributed by atoms with van der Waals surface area (Å²) >= 11 is 0. The molecule has 3 heteroatoms. The number of pyridine rings is 2. The second-order valence-electron chi connectivity index (χ2n) is 3.05. The number of hydrogen-bond donors (Lipinski definition) is 0. The van der Waals surface area contributed by atoms with Crippen LogP contribution in [0.5, 0.6) is 0 Å². The van der Waals surface area contributed by atoms with E-state index in [2.05, 4.69) is 9.97 Å². The first-order valence-corrected chi connectivity index (χ1v) is 4.30. The first-order valence-electron chi connectivity index (χ1n) is 4.30. The summed E-state index contributed by atoms with van der Waals surface area (Å²) in [6.07, 6.45) is 4.85. The molecule has 0 atom stereocenters. The quantitative estimate of drug-likeness (QED) is 0.687. The van der Waals surface area contributed by atoms with E-state index in [0.717, 1.165) is 11.1 Å². The van der Waals surface area contributed by atoms with Crippen LogP contribution in [0.15, 0.2) is 36.8 Å². The minimum absolute atomic E-state index is 0.279. The Morgan fingerprint density at radius 2 is 2.07 bits per heavy atom. The Labute approximate surface area is 81.5 Å². The van der Waals surface area contributed by atoms with Crippen molar-refractivity contribution in [1.82, 2.24) is 9.97 Å². The molecule has 0 amide bonds. The summed E-state index contributed by atoms with van der Waals surface area (Å²) in [6.45, 7) is 1.95. The van der Waals surface area contributed by atoms with Crippen LogP contribution in [0.2, 0.25) is 0 Å². The first-order chi connectivity index (χ1) is 6.77. The van der Waals surface area contributed by atoms with Crippen molar-refractivity contribution in [3.8, 4) is 11.3 Å². The SMILES string of the molecule is Cc1ccncc1-c1cc(F)ccn1. The van der Waals surface area contributed by atoms with E-state index in [9.17, 15) is 4.39 Å². The van der Waals surface area contributed by atoms with Gasteiger partial charge in [-0.3, -0.25) is 9.97 Å². The molecular formula is C11H9FN2. The molecule has 2 rings (SSSR count). The predicted octanol–water partition coefficient (Wildman–Crippen LogP) is 2.59. The zero-order chi connectivity index (χ0) is 9.97. The van der Waals surface area contributed by atoms with Gasteiger partial charge in [-0.25, -0.2) is 4.39 Å². The Bertz CT molecular complexity index is 455. The molecule has 0 unspecified atom stereocenters. The van der Waals surface area contributed by atoms with E-state index >= 15 is 0 Å². The third kappa shape index (κ3) is 1.62. The molecule has 0 spiro atoms. The van der Waals surface area contributed by atoms with E-state index in [4.69, 9.17) is 0 Å². The summed E-state index contributed by atoms with van der Waals surface area (Å²) in [4.78, 5) is 8.08. The predicted molar refractivity (Wildman–Crippen MR) is 52.2 cm³/mol. The summed E-state index contributed by atoms with van der Waals surface area (Å²) in [5.74, 6) is -0.279. The van der Waals surface area contributed by atoms with E-state index in [1.165, 1.54) is 18.3 Å². The highest BCUT2D eigenvalue weighted by Gasteiger charge is 2.03. The summed E-state index contributed by atoms with van der Waals surface area (Å²) < 4.78 is 12.9. The lowest BCUT2D eigenvalue weighted by Gasteiger charge is -2.03. The van der Waals surface area contributed by atoms with Crippen LogP contribution in [0.4, 0.5) is 4.39 Å². The van der Waals surface area contributed by atoms with Crippen molar-refractivity contribution >= 4 is 0 Å². The maximum absolute atomic E-state index is 12.9. The number of aryl methyl sites for hydroxylation is 1. The van der Waals surface area contributed by atoms with E-state index < -0.39 is 0 Å². The van der Waals surface area contributed by atoms with Gasteiger partial charge in [-0.05, 0) is 24.6 Å². The van der Waals surface area contributed by atoms with Gasteiger partial charge in [0, 0.05) is 30.2 Å². The molecule has 14 heavy (non-hydrogen) atoms. The molecular weight excluding hydrogens is 179 g/mol. The number of aromatic nitrogens is 2. The minimum Gasteiger partial charge on any atom is -0.264 e. The van der Waals surface area contributed by atoms with Crippen LogP contribution < -0.4 is 0 Å².